The number of nitrogens with zero attached hydrogens (tertiary/aromatic N) is 3. The van der Waals surface area contributed by atoms with E-state index in [4.69, 9.17) is 14.2 Å². The van der Waals surface area contributed by atoms with Crippen molar-refractivity contribution in [2.75, 3.05) is 59.2 Å². The van der Waals surface area contributed by atoms with Crippen molar-refractivity contribution in [1.29, 1.82) is 0 Å². The predicted molar refractivity (Wildman–Crippen MR) is 165 cm³/mol. The second-order valence-corrected chi connectivity index (χ2v) is 12.0. The summed E-state index contributed by atoms with van der Waals surface area (Å²) in [6, 6.07) is 2.34. The number of benzene rings is 1. The maximum absolute atomic E-state index is 14.9. The van der Waals surface area contributed by atoms with E-state index in [9.17, 15) is 32.7 Å². The van der Waals surface area contributed by atoms with E-state index in [1.165, 1.54) is 35.1 Å². The minimum Gasteiger partial charge on any atom is -0.436 e. The predicted octanol–water partition coefficient (Wildman–Crippen LogP) is 2.06. The summed E-state index contributed by atoms with van der Waals surface area (Å²) in [4.78, 5) is 48.7. The topological polar surface area (TPSA) is 158 Å². The Balaban J connectivity index is 1.27. The molecule has 2 fully saturated rings. The second kappa shape index (κ2) is 16.4. The van der Waals surface area contributed by atoms with Gasteiger partial charge in [0, 0.05) is 63.5 Å². The Morgan fingerprint density at radius 3 is 2.73 bits per heavy atom. The molecule has 3 aliphatic rings. The number of halogens is 3. The number of ether oxygens (including phenoxy) is 3. The molecule has 16 heteroatoms. The fourth-order valence-corrected chi connectivity index (χ4v) is 6.18. The molecule has 2 saturated heterocycles. The van der Waals surface area contributed by atoms with Gasteiger partial charge in [0.25, 0.3) is 5.91 Å². The molecule has 3 aliphatic heterocycles. The summed E-state index contributed by atoms with van der Waals surface area (Å²) >= 11 is 0. The smallest absolute Gasteiger partial charge is 0.407 e. The van der Waals surface area contributed by atoms with Crippen molar-refractivity contribution in [3.63, 3.8) is 0 Å². The first kappa shape index (κ1) is 35.3. The summed E-state index contributed by atoms with van der Waals surface area (Å²) in [5.74, 6) is -2.60. The minimum absolute atomic E-state index is 0.00766. The van der Waals surface area contributed by atoms with Crippen LogP contribution in [0, 0.1) is 23.5 Å². The molecule has 262 valence electrons. The van der Waals surface area contributed by atoms with Gasteiger partial charge in [-0.05, 0) is 50.0 Å². The molecule has 1 aromatic heterocycles. The summed E-state index contributed by atoms with van der Waals surface area (Å²) < 4.78 is 60.0. The Kier molecular flexibility index (Phi) is 12.1. The Morgan fingerprint density at radius 2 is 2.02 bits per heavy atom. The first-order valence-corrected chi connectivity index (χ1v) is 16.0. The lowest BCUT2D eigenvalue weighted by molar-refractivity contribution is -0.145. The van der Waals surface area contributed by atoms with Crippen molar-refractivity contribution >= 4 is 17.9 Å². The molecule has 2 aromatic rings. The molecule has 3 amide bonds. The maximum atomic E-state index is 14.9. The minimum atomic E-state index is -1.27. The van der Waals surface area contributed by atoms with Crippen LogP contribution < -0.4 is 10.6 Å². The highest BCUT2D eigenvalue weighted by atomic mass is 19.1. The number of imidazole rings is 1. The lowest BCUT2D eigenvalue weighted by atomic mass is 9.88. The van der Waals surface area contributed by atoms with Gasteiger partial charge in [0.05, 0.1) is 31.1 Å². The molecule has 1 unspecified atom stereocenters. The van der Waals surface area contributed by atoms with Gasteiger partial charge in [-0.25, -0.2) is 22.9 Å². The highest BCUT2D eigenvalue weighted by molar-refractivity contribution is 5.90. The molecule has 4 N–H and O–H groups in total. The number of aromatic nitrogens is 2. The van der Waals surface area contributed by atoms with E-state index in [-0.39, 0.29) is 62.5 Å². The Hall–Kier alpha value is -3.99. The van der Waals surface area contributed by atoms with Gasteiger partial charge in [0.2, 0.25) is 5.91 Å². The molecular weight excluding hydrogens is 637 g/mol. The van der Waals surface area contributed by atoms with E-state index in [0.717, 1.165) is 18.2 Å². The highest BCUT2D eigenvalue weighted by Crippen LogP contribution is 2.37. The van der Waals surface area contributed by atoms with Crippen LogP contribution in [-0.2, 0) is 23.8 Å². The van der Waals surface area contributed by atoms with Crippen molar-refractivity contribution in [2.45, 2.75) is 44.3 Å². The quantitative estimate of drug-likeness (QED) is 0.220. The van der Waals surface area contributed by atoms with Crippen molar-refractivity contribution < 1.29 is 46.9 Å². The van der Waals surface area contributed by atoms with Crippen molar-refractivity contribution in [2.24, 2.45) is 11.8 Å². The monoisotopic (exact) mass is 678 g/mol. The average molecular weight is 679 g/mol. The molecule has 0 saturated carbocycles. The van der Waals surface area contributed by atoms with E-state index in [1.54, 1.807) is 0 Å². The van der Waals surface area contributed by atoms with E-state index < -0.39 is 54.1 Å². The summed E-state index contributed by atoms with van der Waals surface area (Å²) in [6.07, 6.45) is 0.770. The van der Waals surface area contributed by atoms with Crippen LogP contribution in [0.2, 0.25) is 0 Å². The Bertz CT molecular complexity index is 1450. The summed E-state index contributed by atoms with van der Waals surface area (Å²) in [5, 5.41) is 15.3. The number of alkyl carbamates (subject to hydrolysis) is 1. The molecule has 5 rings (SSSR count). The number of rotatable bonds is 14. The number of aliphatic hydroxyl groups excluding tert-OH is 1. The van der Waals surface area contributed by atoms with Crippen molar-refractivity contribution in [3.8, 4) is 11.3 Å². The fourth-order valence-electron chi connectivity index (χ4n) is 6.18. The zero-order chi connectivity index (χ0) is 34.2. The van der Waals surface area contributed by atoms with Gasteiger partial charge in [-0.15, -0.1) is 0 Å². The number of amides is 3. The normalized spacial score (nSPS) is 22.6. The molecule has 0 aliphatic carbocycles. The van der Waals surface area contributed by atoms with Crippen LogP contribution in [0.3, 0.4) is 0 Å². The summed E-state index contributed by atoms with van der Waals surface area (Å²) in [5.41, 5.74) is 0.181. The third-order valence-corrected chi connectivity index (χ3v) is 8.75. The molecule has 4 heterocycles. The van der Waals surface area contributed by atoms with Gasteiger partial charge in [-0.2, -0.15) is 0 Å². The molecule has 0 radical (unpaired) electrons. The number of hydrogen-bond acceptors (Lipinski definition) is 9. The Morgan fingerprint density at radius 1 is 1.23 bits per heavy atom. The lowest BCUT2D eigenvalue weighted by Gasteiger charge is -2.40. The average Bonchev–Trinajstić information content (AvgIpc) is 3.80. The standard InChI is InChI=1S/C32H41F3N6O7/c1-19(48-32(45)37-8-12-47-13-9-40-27(42)4-5-28(40)43)31(44)41(18-21-15-36-16-25(21)35)29(20-6-10-46-11-7-20)30-38-17-26(39-30)23-14-22(33)2-3-24(23)34/h2-5,14,17,19-21,25,27,29,36,42H,6-13,15-16,18H2,1H3,(H,37,45)(H,38,39)/t19-,21-,25-,27?,29+/m0/s1. The molecule has 48 heavy (non-hydrogen) atoms. The van der Waals surface area contributed by atoms with Gasteiger partial charge >= 0.3 is 6.09 Å². The van der Waals surface area contributed by atoms with Crippen LogP contribution >= 0.6 is 0 Å². The zero-order valence-corrected chi connectivity index (χ0v) is 26.6. The number of aliphatic hydroxyl groups is 1. The van der Waals surface area contributed by atoms with Gasteiger partial charge in [-0.3, -0.25) is 9.59 Å². The fraction of sp³-hybridized carbons (Fsp3) is 0.562. The zero-order valence-electron chi connectivity index (χ0n) is 26.6. The lowest BCUT2D eigenvalue weighted by Crippen LogP contribution is -2.49. The third-order valence-electron chi connectivity index (χ3n) is 8.75. The number of carbonyl (C=O) groups excluding carboxylic acids is 3. The highest BCUT2D eigenvalue weighted by Gasteiger charge is 2.41. The first-order valence-electron chi connectivity index (χ1n) is 16.0. The molecule has 13 nitrogen and oxygen atoms in total. The van der Waals surface area contributed by atoms with Gasteiger partial charge in [0.1, 0.15) is 29.9 Å². The van der Waals surface area contributed by atoms with E-state index >= 15 is 0 Å². The second-order valence-electron chi connectivity index (χ2n) is 12.0. The van der Waals surface area contributed by atoms with Crippen molar-refractivity contribution in [1.82, 2.24) is 30.4 Å². The molecule has 0 bridgehead atoms. The number of nitrogens with one attached hydrogen (secondary N) is 3. The van der Waals surface area contributed by atoms with Crippen LogP contribution in [0.25, 0.3) is 11.3 Å². The summed E-state index contributed by atoms with van der Waals surface area (Å²) in [6.45, 7) is 3.17. The largest absolute Gasteiger partial charge is 0.436 e. The van der Waals surface area contributed by atoms with Gasteiger partial charge < -0.3 is 44.7 Å². The molecule has 0 spiro atoms. The van der Waals surface area contributed by atoms with Crippen LogP contribution in [0.5, 0.6) is 0 Å². The van der Waals surface area contributed by atoms with E-state index in [1.807, 2.05) is 0 Å². The number of aromatic amines is 1. The van der Waals surface area contributed by atoms with Crippen LogP contribution in [0.1, 0.15) is 31.6 Å². The van der Waals surface area contributed by atoms with Gasteiger partial charge in [0.15, 0.2) is 6.10 Å². The van der Waals surface area contributed by atoms with Crippen LogP contribution in [0.15, 0.2) is 36.5 Å². The number of carbonyl (C=O) groups is 3. The number of H-pyrrole nitrogens is 1. The van der Waals surface area contributed by atoms with E-state index in [0.29, 0.717) is 38.4 Å². The third kappa shape index (κ3) is 8.72. The van der Waals surface area contributed by atoms with Crippen LogP contribution in [0.4, 0.5) is 18.0 Å². The maximum Gasteiger partial charge on any atom is 0.407 e. The number of alkyl halides is 1. The SMILES string of the molecule is C[C@H](OC(=O)NCCOCCN1C(=O)C=CC1O)C(=O)N(C[C@@H]1CNC[C@@H]1F)[C@@H](c1ncc(-c2cc(F)ccc2F)[nH]1)C1CCOCC1. The van der Waals surface area contributed by atoms with E-state index in [2.05, 4.69) is 20.6 Å². The van der Waals surface area contributed by atoms with Gasteiger partial charge in [-0.1, -0.05) is 0 Å². The van der Waals surface area contributed by atoms with Crippen molar-refractivity contribution in [3.05, 3.63) is 54.0 Å². The molecule has 5 atom stereocenters. The first-order chi connectivity index (χ1) is 23.1. The van der Waals surface area contributed by atoms with Crippen LogP contribution in [-0.4, -0.2) is 120 Å². The number of hydrogen-bond donors (Lipinski definition) is 4. The molecule has 1 aromatic carbocycles. The Labute approximate surface area is 275 Å². The summed E-state index contributed by atoms with van der Waals surface area (Å²) in [7, 11) is 0. The molecular formula is C32H41F3N6O7.